The van der Waals surface area contributed by atoms with Crippen LogP contribution in [0.1, 0.15) is 32.8 Å². The first-order valence-electron chi connectivity index (χ1n) is 7.19. The van der Waals surface area contributed by atoms with Crippen LogP contribution in [0.2, 0.25) is 0 Å². The number of amides is 1. The molecule has 0 aliphatic heterocycles. The molecule has 0 spiro atoms. The molecule has 0 aliphatic carbocycles. The van der Waals surface area contributed by atoms with Gasteiger partial charge in [0.05, 0.1) is 6.04 Å². The fraction of sp³-hybridized carbons (Fsp3) is 0.562. The zero-order valence-corrected chi connectivity index (χ0v) is 12.9. The van der Waals surface area contributed by atoms with Crippen LogP contribution < -0.4 is 15.4 Å². The highest BCUT2D eigenvalue weighted by molar-refractivity contribution is 5.76. The van der Waals surface area contributed by atoms with E-state index in [9.17, 15) is 4.79 Å². The van der Waals surface area contributed by atoms with E-state index in [0.29, 0.717) is 25.6 Å². The number of carbonyl (C=O) groups excluding carboxylic acids is 1. The van der Waals surface area contributed by atoms with Gasteiger partial charge in [-0.05, 0) is 26.0 Å². The van der Waals surface area contributed by atoms with Gasteiger partial charge in [0.2, 0.25) is 5.91 Å². The Balaban J connectivity index is 2.20. The summed E-state index contributed by atoms with van der Waals surface area (Å²) in [5, 5.41) is 6.15. The second-order valence-corrected chi connectivity index (χ2v) is 5.45. The largest absolute Gasteiger partial charge is 0.491 e. The number of hydrogen-bond acceptors (Lipinski definition) is 3. The van der Waals surface area contributed by atoms with Crippen LogP contribution in [-0.4, -0.2) is 31.1 Å². The fourth-order valence-electron chi connectivity index (χ4n) is 1.72. The smallest absolute Gasteiger partial charge is 0.221 e. The maximum Gasteiger partial charge on any atom is 0.221 e. The molecule has 4 nitrogen and oxygen atoms in total. The number of carbonyl (C=O) groups is 1. The van der Waals surface area contributed by atoms with Crippen LogP contribution in [-0.2, 0) is 4.79 Å². The predicted octanol–water partition coefficient (Wildman–Crippen LogP) is 2.27. The lowest BCUT2D eigenvalue weighted by molar-refractivity contribution is -0.121. The van der Waals surface area contributed by atoms with Crippen LogP contribution in [0.3, 0.4) is 0 Å². The summed E-state index contributed by atoms with van der Waals surface area (Å²) in [7, 11) is 0. The molecule has 0 heterocycles. The van der Waals surface area contributed by atoms with Crippen LogP contribution in [0.25, 0.3) is 0 Å². The van der Waals surface area contributed by atoms with Crippen LogP contribution >= 0.6 is 0 Å². The molecule has 0 aromatic heterocycles. The number of nitrogens with one attached hydrogen (secondary N) is 2. The van der Waals surface area contributed by atoms with Gasteiger partial charge in [-0.1, -0.05) is 31.5 Å². The summed E-state index contributed by atoms with van der Waals surface area (Å²) in [5.41, 5.74) is 1.20. The van der Waals surface area contributed by atoms with Gasteiger partial charge in [0, 0.05) is 19.0 Å². The van der Waals surface area contributed by atoms with Crippen molar-refractivity contribution >= 4 is 5.91 Å². The molecule has 0 radical (unpaired) electrons. The van der Waals surface area contributed by atoms with Gasteiger partial charge in [-0.15, -0.1) is 0 Å². The van der Waals surface area contributed by atoms with E-state index in [1.54, 1.807) is 0 Å². The van der Waals surface area contributed by atoms with Gasteiger partial charge in [0.1, 0.15) is 12.4 Å². The highest BCUT2D eigenvalue weighted by Crippen LogP contribution is 2.11. The van der Waals surface area contributed by atoms with Gasteiger partial charge in [0.25, 0.3) is 0 Å². The van der Waals surface area contributed by atoms with Crippen molar-refractivity contribution in [1.29, 1.82) is 0 Å². The van der Waals surface area contributed by atoms with E-state index in [0.717, 1.165) is 5.75 Å². The molecule has 1 aromatic rings. The third-order valence-electron chi connectivity index (χ3n) is 2.83. The molecule has 2 N–H and O–H groups in total. The molecule has 0 aliphatic rings. The summed E-state index contributed by atoms with van der Waals surface area (Å²) < 4.78 is 5.64. The van der Waals surface area contributed by atoms with Crippen LogP contribution in [0, 0.1) is 6.92 Å². The summed E-state index contributed by atoms with van der Waals surface area (Å²) in [6, 6.07) is 8.31. The summed E-state index contributed by atoms with van der Waals surface area (Å²) >= 11 is 0. The third-order valence-corrected chi connectivity index (χ3v) is 2.83. The van der Waals surface area contributed by atoms with Gasteiger partial charge in [-0.3, -0.25) is 4.79 Å². The highest BCUT2D eigenvalue weighted by atomic mass is 16.5. The van der Waals surface area contributed by atoms with Gasteiger partial charge < -0.3 is 15.4 Å². The van der Waals surface area contributed by atoms with E-state index in [2.05, 4.69) is 24.5 Å². The quantitative estimate of drug-likeness (QED) is 0.767. The van der Waals surface area contributed by atoms with Crippen molar-refractivity contribution in [2.75, 3.05) is 13.2 Å². The zero-order chi connectivity index (χ0) is 15.0. The topological polar surface area (TPSA) is 50.4 Å². The van der Waals surface area contributed by atoms with Gasteiger partial charge in [0.15, 0.2) is 0 Å². The van der Waals surface area contributed by atoms with E-state index in [1.165, 1.54) is 5.56 Å². The van der Waals surface area contributed by atoms with E-state index in [4.69, 9.17) is 4.74 Å². The Hall–Kier alpha value is -1.55. The Morgan fingerprint density at radius 2 is 1.85 bits per heavy atom. The molecule has 0 saturated carbocycles. The molecule has 4 heteroatoms. The third kappa shape index (κ3) is 7.14. The van der Waals surface area contributed by atoms with Crippen molar-refractivity contribution in [3.8, 4) is 5.75 Å². The van der Waals surface area contributed by atoms with Gasteiger partial charge >= 0.3 is 0 Å². The molecular formula is C16H26N2O2. The summed E-state index contributed by atoms with van der Waals surface area (Å²) in [4.78, 5) is 11.7. The van der Waals surface area contributed by atoms with E-state index >= 15 is 0 Å². The van der Waals surface area contributed by atoms with Crippen LogP contribution in [0.15, 0.2) is 24.3 Å². The monoisotopic (exact) mass is 278 g/mol. The van der Waals surface area contributed by atoms with E-state index in [-0.39, 0.29) is 11.9 Å². The maximum absolute atomic E-state index is 11.7. The standard InChI is InChI=1S/C16H26N2O2/c1-12(2)17-10-9-16(19)18-14(4)11-20-15-7-5-13(3)6-8-15/h5-8,12,14,17H,9-11H2,1-4H3,(H,18,19). The Labute approximate surface area is 121 Å². The van der Waals surface area contributed by atoms with Crippen molar-refractivity contribution < 1.29 is 9.53 Å². The minimum Gasteiger partial charge on any atom is -0.491 e. The molecule has 1 aromatic carbocycles. The number of benzene rings is 1. The second kappa shape index (κ2) is 8.59. The summed E-state index contributed by atoms with van der Waals surface area (Å²) in [6.07, 6.45) is 0.493. The highest BCUT2D eigenvalue weighted by Gasteiger charge is 2.08. The van der Waals surface area contributed by atoms with Crippen molar-refractivity contribution in [1.82, 2.24) is 10.6 Å². The average Bonchev–Trinajstić information content (AvgIpc) is 2.37. The minimum absolute atomic E-state index is 0.00264. The lowest BCUT2D eigenvalue weighted by Gasteiger charge is -2.15. The number of aryl methyl sites for hydroxylation is 1. The normalized spacial score (nSPS) is 12.2. The second-order valence-electron chi connectivity index (χ2n) is 5.45. The first-order valence-corrected chi connectivity index (χ1v) is 7.19. The van der Waals surface area contributed by atoms with Gasteiger partial charge in [-0.25, -0.2) is 0 Å². The number of rotatable bonds is 8. The summed E-state index contributed by atoms with van der Waals surface area (Å²) in [5.74, 6) is 0.885. The first-order chi connectivity index (χ1) is 9.47. The average molecular weight is 278 g/mol. The molecular weight excluding hydrogens is 252 g/mol. The molecule has 0 saturated heterocycles. The number of ether oxygens (including phenoxy) is 1. The number of hydrogen-bond donors (Lipinski definition) is 2. The Morgan fingerprint density at radius 3 is 2.45 bits per heavy atom. The molecule has 1 unspecified atom stereocenters. The molecule has 0 fully saturated rings. The SMILES string of the molecule is Cc1ccc(OCC(C)NC(=O)CCNC(C)C)cc1. The Morgan fingerprint density at radius 1 is 1.20 bits per heavy atom. The Bertz CT molecular complexity index is 401. The molecule has 20 heavy (non-hydrogen) atoms. The fourth-order valence-corrected chi connectivity index (χ4v) is 1.72. The van der Waals surface area contributed by atoms with E-state index < -0.39 is 0 Å². The molecule has 112 valence electrons. The van der Waals surface area contributed by atoms with Crippen molar-refractivity contribution in [2.45, 2.75) is 46.2 Å². The maximum atomic E-state index is 11.7. The van der Waals surface area contributed by atoms with Crippen molar-refractivity contribution in [3.63, 3.8) is 0 Å². The van der Waals surface area contributed by atoms with Crippen molar-refractivity contribution in [3.05, 3.63) is 29.8 Å². The first kappa shape index (κ1) is 16.5. The predicted molar refractivity (Wildman–Crippen MR) is 82.0 cm³/mol. The molecule has 1 amide bonds. The van der Waals surface area contributed by atoms with Crippen LogP contribution in [0.5, 0.6) is 5.75 Å². The van der Waals surface area contributed by atoms with Crippen molar-refractivity contribution in [2.24, 2.45) is 0 Å². The molecule has 1 atom stereocenters. The lowest BCUT2D eigenvalue weighted by atomic mass is 10.2. The van der Waals surface area contributed by atoms with Crippen LogP contribution in [0.4, 0.5) is 0 Å². The van der Waals surface area contributed by atoms with Gasteiger partial charge in [-0.2, -0.15) is 0 Å². The zero-order valence-electron chi connectivity index (χ0n) is 12.9. The summed E-state index contributed by atoms with van der Waals surface area (Å²) in [6.45, 7) is 9.30. The Kier molecular flexibility index (Phi) is 7.09. The minimum atomic E-state index is 0.00264. The molecule has 0 bridgehead atoms. The molecule has 1 rings (SSSR count). The van der Waals surface area contributed by atoms with E-state index in [1.807, 2.05) is 38.1 Å². The lowest BCUT2D eigenvalue weighted by Crippen LogP contribution is -2.38.